The number of rotatable bonds is 7. The van der Waals surface area contributed by atoms with Crippen LogP contribution in [0, 0.1) is 6.92 Å². The zero-order valence-corrected chi connectivity index (χ0v) is 19.7. The van der Waals surface area contributed by atoms with Crippen LogP contribution >= 0.6 is 50.7 Å². The Labute approximate surface area is 194 Å². The van der Waals surface area contributed by atoms with Crippen molar-refractivity contribution in [3.05, 3.63) is 84.8 Å². The summed E-state index contributed by atoms with van der Waals surface area (Å²) in [6.45, 7) is 2.82. The molecule has 0 aliphatic heterocycles. The molecule has 0 amide bonds. The van der Waals surface area contributed by atoms with E-state index >= 15 is 0 Å². The van der Waals surface area contributed by atoms with Crippen molar-refractivity contribution in [1.82, 2.24) is 0 Å². The van der Waals surface area contributed by atoms with Crippen LogP contribution in [-0.4, -0.2) is 7.11 Å². The van der Waals surface area contributed by atoms with E-state index in [9.17, 15) is 0 Å². The number of benzene rings is 3. The first-order valence-electron chi connectivity index (χ1n) is 8.81. The standard InChI is InChI=1S/C22H19BrCl3NO2/c1-13-3-5-15(10-19(13)25)27-11-16-17(23)6-8-21(28-2)22(16)29-12-14-4-7-18(24)20(26)9-14/h3-10,27H,11-12H2,1-2H3. The van der Waals surface area contributed by atoms with E-state index in [0.717, 1.165) is 31.9 Å². The molecule has 3 nitrogen and oxygen atoms in total. The normalized spacial score (nSPS) is 10.7. The molecule has 0 fully saturated rings. The van der Waals surface area contributed by atoms with Gasteiger partial charge < -0.3 is 14.8 Å². The van der Waals surface area contributed by atoms with Crippen molar-refractivity contribution in [2.24, 2.45) is 0 Å². The van der Waals surface area contributed by atoms with Crippen LogP contribution in [0.25, 0.3) is 0 Å². The van der Waals surface area contributed by atoms with E-state index < -0.39 is 0 Å². The van der Waals surface area contributed by atoms with Crippen LogP contribution in [-0.2, 0) is 13.2 Å². The molecule has 0 heterocycles. The lowest BCUT2D eigenvalue weighted by Gasteiger charge is -2.18. The molecule has 0 saturated heterocycles. The second-order valence-electron chi connectivity index (χ2n) is 6.41. The quantitative estimate of drug-likeness (QED) is 0.347. The van der Waals surface area contributed by atoms with Gasteiger partial charge in [-0.25, -0.2) is 0 Å². The smallest absolute Gasteiger partial charge is 0.167 e. The third-order valence-corrected chi connectivity index (χ3v) is 6.28. The lowest BCUT2D eigenvalue weighted by Crippen LogP contribution is -2.06. The fourth-order valence-electron chi connectivity index (χ4n) is 2.74. The molecule has 0 aliphatic carbocycles. The second kappa shape index (κ2) is 9.94. The minimum absolute atomic E-state index is 0.326. The summed E-state index contributed by atoms with van der Waals surface area (Å²) in [4.78, 5) is 0. The van der Waals surface area contributed by atoms with Crippen LogP contribution < -0.4 is 14.8 Å². The Bertz CT molecular complexity index is 1030. The van der Waals surface area contributed by atoms with Crippen molar-refractivity contribution in [3.8, 4) is 11.5 Å². The van der Waals surface area contributed by atoms with Crippen molar-refractivity contribution in [1.29, 1.82) is 0 Å². The first-order valence-corrected chi connectivity index (χ1v) is 10.7. The van der Waals surface area contributed by atoms with Crippen molar-refractivity contribution in [2.75, 3.05) is 12.4 Å². The molecular weight excluding hydrogens is 497 g/mol. The molecule has 1 N–H and O–H groups in total. The Balaban J connectivity index is 1.83. The number of hydrogen-bond donors (Lipinski definition) is 1. The van der Waals surface area contributed by atoms with E-state index in [1.165, 1.54) is 0 Å². The first kappa shape index (κ1) is 22.1. The van der Waals surface area contributed by atoms with Gasteiger partial charge in [-0.2, -0.15) is 0 Å². The summed E-state index contributed by atoms with van der Waals surface area (Å²) in [6.07, 6.45) is 0. The molecule has 0 atom stereocenters. The summed E-state index contributed by atoms with van der Waals surface area (Å²) in [6, 6.07) is 15.1. The van der Waals surface area contributed by atoms with Crippen LogP contribution in [0.5, 0.6) is 11.5 Å². The van der Waals surface area contributed by atoms with Gasteiger partial charge in [-0.1, -0.05) is 62.9 Å². The topological polar surface area (TPSA) is 30.5 Å². The lowest BCUT2D eigenvalue weighted by atomic mass is 10.1. The third kappa shape index (κ3) is 5.52. The molecule has 0 saturated carbocycles. The summed E-state index contributed by atoms with van der Waals surface area (Å²) in [5.74, 6) is 1.30. The van der Waals surface area contributed by atoms with Gasteiger partial charge in [-0.3, -0.25) is 0 Å². The van der Waals surface area contributed by atoms with Gasteiger partial charge in [0.25, 0.3) is 0 Å². The van der Waals surface area contributed by atoms with E-state index in [0.29, 0.717) is 34.7 Å². The number of aryl methyl sites for hydroxylation is 1. The van der Waals surface area contributed by atoms with Crippen LogP contribution in [0.15, 0.2) is 53.0 Å². The Morgan fingerprint density at radius 1 is 0.931 bits per heavy atom. The van der Waals surface area contributed by atoms with Gasteiger partial charge in [0.2, 0.25) is 0 Å². The van der Waals surface area contributed by atoms with Gasteiger partial charge in [0.15, 0.2) is 11.5 Å². The maximum absolute atomic E-state index is 6.23. The van der Waals surface area contributed by atoms with Gasteiger partial charge in [0, 0.05) is 27.3 Å². The molecule has 0 unspecified atom stereocenters. The molecule has 0 aliphatic rings. The number of anilines is 1. The lowest BCUT2D eigenvalue weighted by molar-refractivity contribution is 0.281. The minimum Gasteiger partial charge on any atom is -0.493 e. The van der Waals surface area contributed by atoms with Crippen molar-refractivity contribution < 1.29 is 9.47 Å². The number of halogens is 4. The van der Waals surface area contributed by atoms with Gasteiger partial charge in [0.1, 0.15) is 6.61 Å². The average molecular weight is 516 g/mol. The highest BCUT2D eigenvalue weighted by Gasteiger charge is 2.15. The van der Waals surface area contributed by atoms with E-state index in [4.69, 9.17) is 44.3 Å². The molecule has 0 bridgehead atoms. The molecule has 3 aromatic carbocycles. The SMILES string of the molecule is COc1ccc(Br)c(CNc2ccc(C)c(Cl)c2)c1OCc1ccc(Cl)c(Cl)c1. The maximum atomic E-state index is 6.23. The summed E-state index contributed by atoms with van der Waals surface area (Å²) < 4.78 is 12.6. The predicted molar refractivity (Wildman–Crippen MR) is 125 cm³/mol. The fourth-order valence-corrected chi connectivity index (χ4v) is 3.70. The van der Waals surface area contributed by atoms with Gasteiger partial charge in [0.05, 0.1) is 17.2 Å². The number of nitrogens with one attached hydrogen (secondary N) is 1. The predicted octanol–water partition coefficient (Wildman–Crippen LogP) is 7.92. The molecule has 0 aromatic heterocycles. The second-order valence-corrected chi connectivity index (χ2v) is 8.49. The Morgan fingerprint density at radius 3 is 2.41 bits per heavy atom. The molecule has 0 radical (unpaired) electrons. The first-order chi connectivity index (χ1) is 13.9. The molecule has 3 aromatic rings. The third-order valence-electron chi connectivity index (χ3n) is 4.40. The largest absolute Gasteiger partial charge is 0.493 e. The molecule has 3 rings (SSSR count). The zero-order valence-electron chi connectivity index (χ0n) is 15.9. The fraction of sp³-hybridized carbons (Fsp3) is 0.182. The van der Waals surface area contributed by atoms with Crippen LogP contribution in [0.4, 0.5) is 5.69 Å². The van der Waals surface area contributed by atoms with E-state index in [1.54, 1.807) is 19.2 Å². The molecule has 29 heavy (non-hydrogen) atoms. The number of methoxy groups -OCH3 is 1. The highest BCUT2D eigenvalue weighted by Crippen LogP contribution is 2.37. The summed E-state index contributed by atoms with van der Waals surface area (Å²) in [5.41, 5.74) is 3.79. The Kier molecular flexibility index (Phi) is 7.58. The number of hydrogen-bond acceptors (Lipinski definition) is 3. The highest BCUT2D eigenvalue weighted by molar-refractivity contribution is 9.10. The summed E-state index contributed by atoms with van der Waals surface area (Å²) in [5, 5.41) is 5.11. The summed E-state index contributed by atoms with van der Waals surface area (Å²) in [7, 11) is 1.62. The highest BCUT2D eigenvalue weighted by atomic mass is 79.9. The monoisotopic (exact) mass is 513 g/mol. The molecule has 152 valence electrons. The van der Waals surface area contributed by atoms with Crippen LogP contribution in [0.2, 0.25) is 15.1 Å². The summed E-state index contributed by atoms with van der Waals surface area (Å²) >= 11 is 22.0. The van der Waals surface area contributed by atoms with E-state index in [-0.39, 0.29) is 0 Å². The van der Waals surface area contributed by atoms with Crippen molar-refractivity contribution in [3.63, 3.8) is 0 Å². The van der Waals surface area contributed by atoms with Gasteiger partial charge in [-0.05, 0) is 54.4 Å². The molecular formula is C22H19BrCl3NO2. The molecule has 7 heteroatoms. The van der Waals surface area contributed by atoms with Gasteiger partial charge >= 0.3 is 0 Å². The Morgan fingerprint density at radius 2 is 1.72 bits per heavy atom. The van der Waals surface area contributed by atoms with Crippen LogP contribution in [0.1, 0.15) is 16.7 Å². The van der Waals surface area contributed by atoms with Crippen LogP contribution in [0.3, 0.4) is 0 Å². The van der Waals surface area contributed by atoms with Gasteiger partial charge in [-0.15, -0.1) is 0 Å². The maximum Gasteiger partial charge on any atom is 0.167 e. The van der Waals surface area contributed by atoms with E-state index in [2.05, 4.69) is 21.2 Å². The molecule has 0 spiro atoms. The Hall–Kier alpha value is -1.59. The zero-order chi connectivity index (χ0) is 21.0. The minimum atomic E-state index is 0.326. The van der Waals surface area contributed by atoms with Crippen molar-refractivity contribution in [2.45, 2.75) is 20.1 Å². The average Bonchev–Trinajstić information content (AvgIpc) is 2.70. The van der Waals surface area contributed by atoms with Crippen molar-refractivity contribution >= 4 is 56.4 Å². The number of ether oxygens (including phenoxy) is 2. The van der Waals surface area contributed by atoms with E-state index in [1.807, 2.05) is 43.3 Å².